The summed E-state index contributed by atoms with van der Waals surface area (Å²) in [7, 11) is 1.55. The molecule has 0 unspecified atom stereocenters. The van der Waals surface area contributed by atoms with Crippen LogP contribution in [-0.2, 0) is 14.3 Å². The molecule has 0 spiro atoms. The minimum absolute atomic E-state index is 0.0302. The van der Waals surface area contributed by atoms with Crippen LogP contribution in [0.3, 0.4) is 0 Å². The van der Waals surface area contributed by atoms with Gasteiger partial charge in [-0.1, -0.05) is 29.1 Å². The van der Waals surface area contributed by atoms with Crippen molar-refractivity contribution in [2.24, 2.45) is 5.10 Å². The van der Waals surface area contributed by atoms with Crippen molar-refractivity contribution in [1.82, 2.24) is 10.7 Å². The Morgan fingerprint density at radius 3 is 2.60 bits per heavy atom. The molecule has 25 heavy (non-hydrogen) atoms. The Balaban J connectivity index is 2.57. The molecule has 1 rings (SSSR count). The topological polar surface area (TPSA) is 89.0 Å². The largest absolute Gasteiger partial charge is 0.478 e. The first-order valence-corrected chi connectivity index (χ1v) is 7.90. The summed E-state index contributed by atoms with van der Waals surface area (Å²) in [6, 6.07) is 3.06. The predicted octanol–water partition coefficient (Wildman–Crippen LogP) is 1.61. The normalized spacial score (nSPS) is 10.3. The SMILES string of the molecule is C#CCOc1c(Cl)cc(/C=N\NC(=O)C(=O)NCCCOC)cc1Cl. The third-order valence-electron chi connectivity index (χ3n) is 2.72. The molecule has 0 aliphatic heterocycles. The van der Waals surface area contributed by atoms with E-state index in [4.69, 9.17) is 39.1 Å². The number of rotatable bonds is 8. The van der Waals surface area contributed by atoms with Crippen LogP contribution >= 0.6 is 23.2 Å². The van der Waals surface area contributed by atoms with Crippen LogP contribution in [0.25, 0.3) is 0 Å². The van der Waals surface area contributed by atoms with Gasteiger partial charge in [0.05, 0.1) is 16.3 Å². The van der Waals surface area contributed by atoms with E-state index >= 15 is 0 Å². The van der Waals surface area contributed by atoms with Crippen molar-refractivity contribution < 1.29 is 19.1 Å². The predicted molar refractivity (Wildman–Crippen MR) is 96.0 cm³/mol. The molecule has 2 amide bonds. The van der Waals surface area contributed by atoms with Crippen LogP contribution in [-0.4, -0.2) is 44.9 Å². The maximum atomic E-state index is 11.5. The summed E-state index contributed by atoms with van der Waals surface area (Å²) >= 11 is 12.1. The van der Waals surface area contributed by atoms with Gasteiger partial charge in [0, 0.05) is 20.3 Å². The van der Waals surface area contributed by atoms with Crippen LogP contribution in [0, 0.1) is 12.3 Å². The van der Waals surface area contributed by atoms with Gasteiger partial charge in [-0.25, -0.2) is 5.43 Å². The fourth-order valence-electron chi connectivity index (χ4n) is 1.62. The molecule has 0 aliphatic rings. The maximum absolute atomic E-state index is 11.5. The molecule has 7 nitrogen and oxygen atoms in total. The number of ether oxygens (including phenoxy) is 2. The molecule has 9 heteroatoms. The number of carbonyl (C=O) groups excluding carboxylic acids is 2. The molecular formula is C16H17Cl2N3O4. The minimum atomic E-state index is -0.889. The zero-order valence-electron chi connectivity index (χ0n) is 13.5. The van der Waals surface area contributed by atoms with Gasteiger partial charge in [0.1, 0.15) is 6.61 Å². The molecule has 0 saturated carbocycles. The van der Waals surface area contributed by atoms with Crippen LogP contribution in [0.2, 0.25) is 10.0 Å². The summed E-state index contributed by atoms with van der Waals surface area (Å²) in [5.74, 6) is 0.889. The highest BCUT2D eigenvalue weighted by Crippen LogP contribution is 2.33. The lowest BCUT2D eigenvalue weighted by molar-refractivity contribution is -0.139. The molecule has 0 bridgehead atoms. The van der Waals surface area contributed by atoms with Gasteiger partial charge in [-0.3, -0.25) is 9.59 Å². The number of hydrazone groups is 1. The van der Waals surface area contributed by atoms with E-state index in [1.54, 1.807) is 7.11 Å². The molecule has 0 atom stereocenters. The van der Waals surface area contributed by atoms with Gasteiger partial charge >= 0.3 is 11.8 Å². The number of hydrogen-bond donors (Lipinski definition) is 2. The molecule has 0 heterocycles. The lowest BCUT2D eigenvalue weighted by Crippen LogP contribution is -2.38. The number of terminal acetylenes is 1. The zero-order valence-corrected chi connectivity index (χ0v) is 15.0. The fourth-order valence-corrected chi connectivity index (χ4v) is 2.23. The van der Waals surface area contributed by atoms with Crippen molar-refractivity contribution in [2.45, 2.75) is 6.42 Å². The van der Waals surface area contributed by atoms with Crippen molar-refractivity contribution in [1.29, 1.82) is 0 Å². The second-order valence-corrected chi connectivity index (χ2v) is 5.42. The third-order valence-corrected chi connectivity index (χ3v) is 3.28. The fraction of sp³-hybridized carbons (Fsp3) is 0.312. The first-order valence-electron chi connectivity index (χ1n) is 7.15. The second-order valence-electron chi connectivity index (χ2n) is 4.61. The number of amides is 2. The molecule has 0 saturated heterocycles. The highest BCUT2D eigenvalue weighted by Gasteiger charge is 2.12. The number of halogens is 2. The number of benzene rings is 1. The quantitative estimate of drug-likeness (QED) is 0.234. The van der Waals surface area contributed by atoms with E-state index in [0.717, 1.165) is 0 Å². The Hall–Kier alpha value is -2.27. The average molecular weight is 386 g/mol. The number of hydrogen-bond acceptors (Lipinski definition) is 5. The van der Waals surface area contributed by atoms with E-state index < -0.39 is 11.8 Å². The van der Waals surface area contributed by atoms with E-state index in [-0.39, 0.29) is 22.4 Å². The van der Waals surface area contributed by atoms with Gasteiger partial charge in [0.25, 0.3) is 0 Å². The van der Waals surface area contributed by atoms with Crippen LogP contribution in [0.1, 0.15) is 12.0 Å². The molecule has 1 aromatic carbocycles. The summed E-state index contributed by atoms with van der Waals surface area (Å²) in [6.07, 6.45) is 7.00. The van der Waals surface area contributed by atoms with Crippen LogP contribution in [0.4, 0.5) is 0 Å². The smallest absolute Gasteiger partial charge is 0.329 e. The van der Waals surface area contributed by atoms with Crippen molar-refractivity contribution in [3.63, 3.8) is 0 Å². The Bertz CT molecular complexity index is 663. The van der Waals surface area contributed by atoms with Gasteiger partial charge in [0.15, 0.2) is 5.75 Å². The molecule has 0 radical (unpaired) electrons. The lowest BCUT2D eigenvalue weighted by Gasteiger charge is -2.08. The molecule has 0 fully saturated rings. The number of carbonyl (C=O) groups is 2. The van der Waals surface area contributed by atoms with E-state index in [0.29, 0.717) is 25.1 Å². The standard InChI is InChI=1S/C16H17Cl2N3O4/c1-3-6-25-14-12(17)8-11(9-13(14)18)10-20-21-16(23)15(22)19-5-4-7-24-2/h1,8-10H,4-7H2,2H3,(H,19,22)(H,21,23)/b20-10-. The Morgan fingerprint density at radius 1 is 1.32 bits per heavy atom. The maximum Gasteiger partial charge on any atom is 0.329 e. The molecule has 134 valence electrons. The van der Waals surface area contributed by atoms with Crippen LogP contribution in [0.5, 0.6) is 5.75 Å². The van der Waals surface area contributed by atoms with Gasteiger partial charge in [-0.05, 0) is 24.1 Å². The van der Waals surface area contributed by atoms with Crippen molar-refractivity contribution in [2.75, 3.05) is 26.9 Å². The number of methoxy groups -OCH3 is 1. The number of nitrogens with zero attached hydrogens (tertiary/aromatic N) is 1. The first-order chi connectivity index (χ1) is 12.0. The van der Waals surface area contributed by atoms with Crippen LogP contribution in [0.15, 0.2) is 17.2 Å². The Morgan fingerprint density at radius 2 is 2.00 bits per heavy atom. The molecule has 1 aromatic rings. The van der Waals surface area contributed by atoms with E-state index in [2.05, 4.69) is 21.8 Å². The van der Waals surface area contributed by atoms with E-state index in [1.807, 2.05) is 0 Å². The first kappa shape index (κ1) is 20.8. The summed E-state index contributed by atoms with van der Waals surface area (Å²) < 4.78 is 10.1. The second kappa shape index (κ2) is 11.3. The van der Waals surface area contributed by atoms with Gasteiger partial charge in [-0.2, -0.15) is 5.10 Å². The highest BCUT2D eigenvalue weighted by molar-refractivity contribution is 6.37. The van der Waals surface area contributed by atoms with E-state index in [9.17, 15) is 9.59 Å². The van der Waals surface area contributed by atoms with Crippen molar-refractivity contribution in [3.05, 3.63) is 27.7 Å². The van der Waals surface area contributed by atoms with E-state index in [1.165, 1.54) is 18.3 Å². The van der Waals surface area contributed by atoms with Gasteiger partial charge < -0.3 is 14.8 Å². The van der Waals surface area contributed by atoms with Crippen molar-refractivity contribution in [3.8, 4) is 18.1 Å². The summed E-state index contributed by atoms with van der Waals surface area (Å²) in [4.78, 5) is 23.0. The minimum Gasteiger partial charge on any atom is -0.478 e. The lowest BCUT2D eigenvalue weighted by atomic mass is 10.2. The highest BCUT2D eigenvalue weighted by atomic mass is 35.5. The van der Waals surface area contributed by atoms with Crippen LogP contribution < -0.4 is 15.5 Å². The Labute approximate surface area is 155 Å². The molecule has 2 N–H and O–H groups in total. The molecule has 0 aliphatic carbocycles. The van der Waals surface area contributed by atoms with Gasteiger partial charge in [-0.15, -0.1) is 6.42 Å². The summed E-state index contributed by atoms with van der Waals surface area (Å²) in [5.41, 5.74) is 2.61. The van der Waals surface area contributed by atoms with Crippen molar-refractivity contribution >= 4 is 41.2 Å². The number of nitrogens with one attached hydrogen (secondary N) is 2. The third kappa shape index (κ3) is 7.44. The average Bonchev–Trinajstić information content (AvgIpc) is 2.57. The molecule has 0 aromatic heterocycles. The Kier molecular flexibility index (Phi) is 9.40. The summed E-state index contributed by atoms with van der Waals surface area (Å²) in [6.45, 7) is 0.846. The van der Waals surface area contributed by atoms with Gasteiger partial charge in [0.2, 0.25) is 0 Å². The molecular weight excluding hydrogens is 369 g/mol. The monoisotopic (exact) mass is 385 g/mol. The summed E-state index contributed by atoms with van der Waals surface area (Å²) in [5, 5.41) is 6.60. The zero-order chi connectivity index (χ0) is 18.7.